The molecule has 1 aromatic heterocycles. The number of pyridine rings is 1. The highest BCUT2D eigenvalue weighted by Gasteiger charge is 2.17. The molecule has 94 valence electrons. The van der Waals surface area contributed by atoms with Crippen LogP contribution in [0.5, 0.6) is 5.88 Å². The highest BCUT2D eigenvalue weighted by Crippen LogP contribution is 2.30. The van der Waals surface area contributed by atoms with Gasteiger partial charge in [0.1, 0.15) is 6.10 Å². The molecular weight excluding hydrogens is 226 g/mol. The first-order valence-corrected chi connectivity index (χ1v) is 5.87. The Hall–Kier alpha value is -1.87. The maximum atomic E-state index is 10.5. The first-order valence-electron chi connectivity index (χ1n) is 5.87. The quantitative estimate of drug-likeness (QED) is 0.901. The summed E-state index contributed by atoms with van der Waals surface area (Å²) >= 11 is 0. The van der Waals surface area contributed by atoms with Gasteiger partial charge in [-0.2, -0.15) is 0 Å². The van der Waals surface area contributed by atoms with Crippen LogP contribution in [0.2, 0.25) is 0 Å². The number of aliphatic hydroxyl groups is 1. The van der Waals surface area contributed by atoms with E-state index < -0.39 is 6.10 Å². The number of benzene rings is 1. The van der Waals surface area contributed by atoms with E-state index in [0.717, 1.165) is 11.1 Å². The Morgan fingerprint density at radius 3 is 2.61 bits per heavy atom. The molecule has 1 N–H and O–H groups in total. The third-order valence-electron chi connectivity index (χ3n) is 3.01. The summed E-state index contributed by atoms with van der Waals surface area (Å²) in [6.45, 7) is 4.03. The summed E-state index contributed by atoms with van der Waals surface area (Å²) in [4.78, 5) is 4.11. The molecule has 3 nitrogen and oxygen atoms in total. The van der Waals surface area contributed by atoms with Gasteiger partial charge in [-0.25, -0.2) is 4.98 Å². The molecule has 0 saturated heterocycles. The molecule has 3 heteroatoms. The fraction of sp³-hybridized carbons (Fsp3) is 0.267. The molecule has 1 atom stereocenters. The molecule has 1 aromatic carbocycles. The van der Waals surface area contributed by atoms with Crippen molar-refractivity contribution in [2.24, 2.45) is 0 Å². The zero-order valence-electron chi connectivity index (χ0n) is 10.8. The van der Waals surface area contributed by atoms with Crippen molar-refractivity contribution in [1.29, 1.82) is 0 Å². The highest BCUT2D eigenvalue weighted by molar-refractivity contribution is 5.40. The maximum absolute atomic E-state index is 10.5. The number of hydrogen-bond acceptors (Lipinski definition) is 3. The van der Waals surface area contributed by atoms with E-state index in [1.165, 1.54) is 5.56 Å². The number of methoxy groups -OCH3 is 1. The zero-order chi connectivity index (χ0) is 13.1. The van der Waals surface area contributed by atoms with Crippen LogP contribution in [-0.4, -0.2) is 17.2 Å². The van der Waals surface area contributed by atoms with Crippen LogP contribution in [0.3, 0.4) is 0 Å². The lowest BCUT2D eigenvalue weighted by molar-refractivity contribution is 0.212. The van der Waals surface area contributed by atoms with Gasteiger partial charge in [0.2, 0.25) is 5.88 Å². The first kappa shape index (κ1) is 12.6. The first-order chi connectivity index (χ1) is 8.63. The van der Waals surface area contributed by atoms with E-state index >= 15 is 0 Å². The lowest BCUT2D eigenvalue weighted by Gasteiger charge is -2.16. The fourth-order valence-corrected chi connectivity index (χ4v) is 2.08. The van der Waals surface area contributed by atoms with Crippen molar-refractivity contribution in [3.8, 4) is 5.88 Å². The molecule has 0 aliphatic heterocycles. The second-order valence-electron chi connectivity index (χ2n) is 4.36. The molecule has 0 amide bonds. The Labute approximate surface area is 107 Å². The van der Waals surface area contributed by atoms with Gasteiger partial charge in [-0.3, -0.25) is 0 Å². The van der Waals surface area contributed by atoms with Gasteiger partial charge in [-0.05, 0) is 37.1 Å². The second-order valence-corrected chi connectivity index (χ2v) is 4.36. The van der Waals surface area contributed by atoms with Gasteiger partial charge >= 0.3 is 0 Å². The highest BCUT2D eigenvalue weighted by atomic mass is 16.5. The van der Waals surface area contributed by atoms with Crippen LogP contribution < -0.4 is 4.74 Å². The lowest BCUT2D eigenvalue weighted by Crippen LogP contribution is -2.05. The summed E-state index contributed by atoms with van der Waals surface area (Å²) < 4.78 is 5.18. The molecular formula is C15H17NO2. The van der Waals surface area contributed by atoms with E-state index in [9.17, 15) is 5.11 Å². The van der Waals surface area contributed by atoms with Gasteiger partial charge in [0.25, 0.3) is 0 Å². The minimum atomic E-state index is -0.714. The molecule has 1 unspecified atom stereocenters. The standard InChI is InChI=1S/C15H17NO2/c1-10-6-7-12(11(2)9-10)14(17)13-5-4-8-16-15(13)18-3/h4-9,14,17H,1-3H3. The SMILES string of the molecule is COc1ncccc1C(O)c1ccc(C)cc1C. The number of nitrogens with zero attached hydrogens (tertiary/aromatic N) is 1. The van der Waals surface area contributed by atoms with E-state index in [1.54, 1.807) is 19.4 Å². The minimum Gasteiger partial charge on any atom is -0.481 e. The summed E-state index contributed by atoms with van der Waals surface area (Å²) in [7, 11) is 1.56. The molecule has 2 rings (SSSR count). The summed E-state index contributed by atoms with van der Waals surface area (Å²) in [6.07, 6.45) is 0.936. The Kier molecular flexibility index (Phi) is 3.63. The largest absolute Gasteiger partial charge is 0.481 e. The van der Waals surface area contributed by atoms with Crippen molar-refractivity contribution >= 4 is 0 Å². The molecule has 1 heterocycles. The minimum absolute atomic E-state index is 0.463. The molecule has 0 bridgehead atoms. The summed E-state index contributed by atoms with van der Waals surface area (Å²) in [5.74, 6) is 0.463. The molecule has 0 aliphatic rings. The normalized spacial score (nSPS) is 12.2. The van der Waals surface area contributed by atoms with Gasteiger partial charge in [0, 0.05) is 11.8 Å². The number of aromatic nitrogens is 1. The summed E-state index contributed by atoms with van der Waals surface area (Å²) in [6, 6.07) is 9.62. The number of hydrogen-bond donors (Lipinski definition) is 1. The van der Waals surface area contributed by atoms with Gasteiger partial charge in [0.15, 0.2) is 0 Å². The Morgan fingerprint density at radius 2 is 1.94 bits per heavy atom. The van der Waals surface area contributed by atoms with Crippen molar-refractivity contribution in [3.63, 3.8) is 0 Å². The van der Waals surface area contributed by atoms with E-state index in [2.05, 4.69) is 11.1 Å². The summed E-state index contributed by atoms with van der Waals surface area (Å²) in [5, 5.41) is 10.5. The molecule has 0 fully saturated rings. The average Bonchev–Trinajstić information content (AvgIpc) is 2.38. The van der Waals surface area contributed by atoms with Crippen LogP contribution in [-0.2, 0) is 0 Å². The van der Waals surface area contributed by atoms with Gasteiger partial charge in [-0.15, -0.1) is 0 Å². The van der Waals surface area contributed by atoms with Crippen LogP contribution >= 0.6 is 0 Å². The smallest absolute Gasteiger partial charge is 0.219 e. The van der Waals surface area contributed by atoms with Crippen molar-refractivity contribution in [2.75, 3.05) is 7.11 Å². The number of rotatable bonds is 3. The maximum Gasteiger partial charge on any atom is 0.219 e. The Morgan fingerprint density at radius 1 is 1.17 bits per heavy atom. The van der Waals surface area contributed by atoms with Crippen LogP contribution in [0.1, 0.15) is 28.4 Å². The van der Waals surface area contributed by atoms with E-state index in [1.807, 2.05) is 32.0 Å². The van der Waals surface area contributed by atoms with Crippen molar-refractivity contribution < 1.29 is 9.84 Å². The van der Waals surface area contributed by atoms with Crippen LogP contribution in [0.25, 0.3) is 0 Å². The second kappa shape index (κ2) is 5.19. The van der Waals surface area contributed by atoms with Crippen LogP contribution in [0.15, 0.2) is 36.5 Å². The molecule has 2 aromatic rings. The predicted molar refractivity (Wildman–Crippen MR) is 70.8 cm³/mol. The Bertz CT molecular complexity index is 552. The Balaban J connectivity index is 2.44. The van der Waals surface area contributed by atoms with Crippen LogP contribution in [0, 0.1) is 13.8 Å². The molecule has 0 aliphatic carbocycles. The van der Waals surface area contributed by atoms with Crippen molar-refractivity contribution in [1.82, 2.24) is 4.98 Å². The van der Waals surface area contributed by atoms with Gasteiger partial charge in [-0.1, -0.05) is 23.8 Å². The van der Waals surface area contributed by atoms with Crippen molar-refractivity contribution in [3.05, 3.63) is 58.8 Å². The van der Waals surface area contributed by atoms with Crippen LogP contribution in [0.4, 0.5) is 0 Å². The average molecular weight is 243 g/mol. The van der Waals surface area contributed by atoms with E-state index in [-0.39, 0.29) is 0 Å². The monoisotopic (exact) mass is 243 g/mol. The number of aliphatic hydroxyl groups excluding tert-OH is 1. The van der Waals surface area contributed by atoms with Crippen molar-refractivity contribution in [2.45, 2.75) is 20.0 Å². The third-order valence-corrected chi connectivity index (χ3v) is 3.01. The summed E-state index contributed by atoms with van der Waals surface area (Å²) in [5.41, 5.74) is 3.81. The fourth-order valence-electron chi connectivity index (χ4n) is 2.08. The zero-order valence-corrected chi connectivity index (χ0v) is 10.8. The number of ether oxygens (including phenoxy) is 1. The predicted octanol–water partition coefficient (Wildman–Crippen LogP) is 2.79. The number of aryl methyl sites for hydroxylation is 2. The third kappa shape index (κ3) is 2.36. The lowest BCUT2D eigenvalue weighted by atomic mass is 9.97. The molecule has 0 saturated carbocycles. The topological polar surface area (TPSA) is 42.4 Å². The molecule has 0 spiro atoms. The van der Waals surface area contributed by atoms with E-state index in [4.69, 9.17) is 4.74 Å². The van der Waals surface area contributed by atoms with Gasteiger partial charge in [0.05, 0.1) is 7.11 Å². The molecule has 18 heavy (non-hydrogen) atoms. The molecule has 0 radical (unpaired) electrons. The van der Waals surface area contributed by atoms with Gasteiger partial charge < -0.3 is 9.84 Å². The van der Waals surface area contributed by atoms with E-state index in [0.29, 0.717) is 11.4 Å².